The molecule has 4 nitrogen and oxygen atoms in total. The number of fused-ring (bicyclic) bond motifs is 2. The molecular weight excluding hydrogens is 322 g/mol. The van der Waals surface area contributed by atoms with Crippen molar-refractivity contribution in [3.63, 3.8) is 0 Å². The van der Waals surface area contributed by atoms with Gasteiger partial charge in [0, 0.05) is 18.5 Å². The molecule has 2 amide bonds. The molecule has 4 heteroatoms. The van der Waals surface area contributed by atoms with E-state index in [4.69, 9.17) is 0 Å². The minimum absolute atomic E-state index is 0.0735. The topological polar surface area (TPSA) is 26.8 Å². The quantitative estimate of drug-likeness (QED) is 0.674. The molecule has 0 spiro atoms. The molecule has 3 aromatic carbocycles. The van der Waals surface area contributed by atoms with Crippen LogP contribution in [0, 0.1) is 6.92 Å². The van der Waals surface area contributed by atoms with Crippen LogP contribution in [0.3, 0.4) is 0 Å². The Hall–Kier alpha value is -2.85. The second kappa shape index (κ2) is 5.85. The molecule has 0 aliphatic carbocycles. The average molecular weight is 343 g/mol. The first-order valence-corrected chi connectivity index (χ1v) is 9.16. The van der Waals surface area contributed by atoms with E-state index in [-0.39, 0.29) is 12.2 Å². The average Bonchev–Trinajstić information content (AvgIpc) is 3.24. The van der Waals surface area contributed by atoms with Gasteiger partial charge in [-0.05, 0) is 30.4 Å². The Morgan fingerprint density at radius 3 is 2.50 bits per heavy atom. The third kappa shape index (κ3) is 2.22. The van der Waals surface area contributed by atoms with Gasteiger partial charge in [-0.1, -0.05) is 66.2 Å². The Morgan fingerprint density at radius 2 is 1.65 bits per heavy atom. The number of rotatable bonds is 2. The smallest absolute Gasteiger partial charge is 0.270 e. The van der Waals surface area contributed by atoms with Gasteiger partial charge in [0.2, 0.25) is 0 Å². The van der Waals surface area contributed by atoms with Crippen molar-refractivity contribution in [3.8, 4) is 0 Å². The van der Waals surface area contributed by atoms with E-state index in [0.717, 1.165) is 41.5 Å². The van der Waals surface area contributed by atoms with Crippen LogP contribution in [0.15, 0.2) is 66.7 Å². The molecule has 5 rings (SSSR count). The number of urea groups is 1. The summed E-state index contributed by atoms with van der Waals surface area (Å²) in [5.74, 6) is 0. The lowest BCUT2D eigenvalue weighted by molar-refractivity contribution is 0.0728. The molecule has 26 heavy (non-hydrogen) atoms. The second-order valence-corrected chi connectivity index (χ2v) is 7.07. The Labute approximate surface area is 153 Å². The first-order valence-electron chi connectivity index (χ1n) is 9.16. The maximum absolute atomic E-state index is 13.3. The normalized spacial score (nSPS) is 20.2. The molecule has 1 atom stereocenters. The lowest BCUT2D eigenvalue weighted by Crippen LogP contribution is -2.32. The summed E-state index contributed by atoms with van der Waals surface area (Å²) < 4.78 is 0. The number of hydrogen-bond donors (Lipinski definition) is 0. The molecule has 0 saturated carbocycles. The van der Waals surface area contributed by atoms with Gasteiger partial charge in [0.1, 0.15) is 6.17 Å². The molecule has 2 aliphatic heterocycles. The van der Waals surface area contributed by atoms with Gasteiger partial charge in [0.05, 0.1) is 5.69 Å². The van der Waals surface area contributed by atoms with Crippen LogP contribution in [0.1, 0.15) is 23.7 Å². The number of nitrogens with zero attached hydrogens (tertiary/aromatic N) is 3. The maximum atomic E-state index is 13.3. The molecule has 2 heterocycles. The van der Waals surface area contributed by atoms with Gasteiger partial charge in [-0.3, -0.25) is 9.91 Å². The fraction of sp³-hybridized carbons (Fsp3) is 0.227. The van der Waals surface area contributed by atoms with E-state index in [9.17, 15) is 4.79 Å². The van der Waals surface area contributed by atoms with Crippen molar-refractivity contribution < 1.29 is 4.79 Å². The second-order valence-electron chi connectivity index (χ2n) is 7.07. The van der Waals surface area contributed by atoms with E-state index < -0.39 is 0 Å². The number of hydrogen-bond acceptors (Lipinski definition) is 2. The van der Waals surface area contributed by atoms with Crippen LogP contribution in [0.25, 0.3) is 10.8 Å². The summed E-state index contributed by atoms with van der Waals surface area (Å²) in [6, 6.07) is 23.1. The van der Waals surface area contributed by atoms with Crippen LogP contribution in [0.5, 0.6) is 0 Å². The van der Waals surface area contributed by atoms with E-state index in [0.29, 0.717) is 0 Å². The van der Waals surface area contributed by atoms with E-state index in [1.807, 2.05) is 28.1 Å². The maximum Gasteiger partial charge on any atom is 0.340 e. The Balaban J connectivity index is 1.69. The summed E-state index contributed by atoms with van der Waals surface area (Å²) in [6.45, 7) is 3.79. The highest BCUT2D eigenvalue weighted by atomic mass is 16.2. The number of aryl methyl sites for hydroxylation is 1. The summed E-state index contributed by atoms with van der Waals surface area (Å²) in [4.78, 5) is 15.3. The van der Waals surface area contributed by atoms with E-state index in [2.05, 4.69) is 60.5 Å². The molecule has 130 valence electrons. The molecule has 0 N–H and O–H groups in total. The van der Waals surface area contributed by atoms with Crippen molar-refractivity contribution in [1.82, 2.24) is 10.0 Å². The largest absolute Gasteiger partial charge is 0.340 e. The molecule has 3 aromatic rings. The predicted molar refractivity (Wildman–Crippen MR) is 104 cm³/mol. The minimum Gasteiger partial charge on any atom is -0.270 e. The Kier molecular flexibility index (Phi) is 3.47. The van der Waals surface area contributed by atoms with Gasteiger partial charge in [-0.15, -0.1) is 0 Å². The molecule has 2 fully saturated rings. The SMILES string of the molecule is Cc1ccc([C@@H]2N(c3cccc4ccccc34)C(=O)N3CCCN23)cc1. The van der Waals surface area contributed by atoms with Gasteiger partial charge >= 0.3 is 6.03 Å². The number of benzene rings is 3. The van der Waals surface area contributed by atoms with Crippen LogP contribution in [-0.2, 0) is 0 Å². The van der Waals surface area contributed by atoms with Crippen molar-refractivity contribution >= 4 is 22.5 Å². The zero-order valence-electron chi connectivity index (χ0n) is 14.8. The number of carbonyl (C=O) groups is 1. The van der Waals surface area contributed by atoms with Crippen LogP contribution < -0.4 is 4.90 Å². The summed E-state index contributed by atoms with van der Waals surface area (Å²) >= 11 is 0. The summed E-state index contributed by atoms with van der Waals surface area (Å²) in [5.41, 5.74) is 3.36. The van der Waals surface area contributed by atoms with Crippen molar-refractivity contribution in [1.29, 1.82) is 0 Å². The zero-order chi connectivity index (χ0) is 17.7. The van der Waals surface area contributed by atoms with Gasteiger partial charge in [0.25, 0.3) is 0 Å². The molecule has 0 unspecified atom stereocenters. The molecule has 0 radical (unpaired) electrons. The molecule has 2 aliphatic rings. The molecule has 0 aromatic heterocycles. The van der Waals surface area contributed by atoms with E-state index in [1.165, 1.54) is 5.56 Å². The third-order valence-electron chi connectivity index (χ3n) is 5.42. The zero-order valence-corrected chi connectivity index (χ0v) is 14.8. The number of carbonyl (C=O) groups excluding carboxylic acids is 1. The Bertz CT molecular complexity index is 977. The lowest BCUT2D eigenvalue weighted by Gasteiger charge is -2.28. The lowest BCUT2D eigenvalue weighted by atomic mass is 10.1. The summed E-state index contributed by atoms with van der Waals surface area (Å²) in [5, 5.41) is 6.39. The summed E-state index contributed by atoms with van der Waals surface area (Å²) in [7, 11) is 0. The monoisotopic (exact) mass is 343 g/mol. The summed E-state index contributed by atoms with van der Waals surface area (Å²) in [6.07, 6.45) is 0.939. The first-order chi connectivity index (χ1) is 12.7. The van der Waals surface area contributed by atoms with Crippen LogP contribution >= 0.6 is 0 Å². The van der Waals surface area contributed by atoms with Gasteiger partial charge in [0.15, 0.2) is 0 Å². The molecular formula is C22H21N3O. The van der Waals surface area contributed by atoms with Gasteiger partial charge in [-0.25, -0.2) is 4.79 Å². The van der Waals surface area contributed by atoms with Crippen LogP contribution in [-0.4, -0.2) is 29.1 Å². The van der Waals surface area contributed by atoms with Crippen molar-refractivity contribution in [2.75, 3.05) is 18.0 Å². The Morgan fingerprint density at radius 1 is 0.885 bits per heavy atom. The standard InChI is InChI=1S/C22H21N3O/c1-16-10-12-18(13-11-16)21-23-14-5-15-24(23)22(26)25(21)20-9-4-7-17-6-2-3-8-19(17)20/h2-4,6-13,21H,5,14-15H2,1H3/t21-/m0/s1. The van der Waals surface area contributed by atoms with Crippen molar-refractivity contribution in [2.45, 2.75) is 19.5 Å². The fourth-order valence-electron chi connectivity index (χ4n) is 4.17. The van der Waals surface area contributed by atoms with Crippen LogP contribution in [0.2, 0.25) is 0 Å². The van der Waals surface area contributed by atoms with Crippen molar-refractivity contribution in [2.24, 2.45) is 0 Å². The first kappa shape index (κ1) is 15.4. The number of amides is 2. The van der Waals surface area contributed by atoms with Crippen LogP contribution in [0.4, 0.5) is 10.5 Å². The highest BCUT2D eigenvalue weighted by molar-refractivity contribution is 6.04. The van der Waals surface area contributed by atoms with Crippen molar-refractivity contribution in [3.05, 3.63) is 77.9 Å². The van der Waals surface area contributed by atoms with E-state index >= 15 is 0 Å². The molecule has 2 saturated heterocycles. The van der Waals surface area contributed by atoms with Gasteiger partial charge in [-0.2, -0.15) is 5.01 Å². The number of hydrazine groups is 1. The number of anilines is 1. The third-order valence-corrected chi connectivity index (χ3v) is 5.42. The predicted octanol–water partition coefficient (Wildman–Crippen LogP) is 4.71. The van der Waals surface area contributed by atoms with Gasteiger partial charge < -0.3 is 0 Å². The highest BCUT2D eigenvalue weighted by Crippen LogP contribution is 2.42. The fourth-order valence-corrected chi connectivity index (χ4v) is 4.17. The minimum atomic E-state index is -0.0867. The molecule has 0 bridgehead atoms. The highest BCUT2D eigenvalue weighted by Gasteiger charge is 2.48. The van der Waals surface area contributed by atoms with E-state index in [1.54, 1.807) is 0 Å².